The molecule has 1 unspecified atom stereocenters. The topological polar surface area (TPSA) is 20.2 Å². The number of benzene rings is 1. The number of aryl methyl sites for hydroxylation is 1. The van der Waals surface area contributed by atoms with Crippen LogP contribution in [0.3, 0.4) is 0 Å². The van der Waals surface area contributed by atoms with Crippen LogP contribution in [0, 0.1) is 18.8 Å². The Kier molecular flexibility index (Phi) is 4.93. The van der Waals surface area contributed by atoms with E-state index in [1.54, 1.807) is 0 Å². The van der Waals surface area contributed by atoms with E-state index in [2.05, 4.69) is 43.0 Å². The number of hydrogen-bond donors (Lipinski definition) is 1. The second kappa shape index (κ2) is 6.27. The van der Waals surface area contributed by atoms with Crippen molar-refractivity contribution in [2.24, 2.45) is 0 Å². The predicted molar refractivity (Wildman–Crippen MR) is 63.6 cm³/mol. The van der Waals surface area contributed by atoms with Gasteiger partial charge in [-0.2, -0.15) is 0 Å². The highest BCUT2D eigenvalue weighted by molar-refractivity contribution is 5.21. The van der Waals surface area contributed by atoms with Crippen LogP contribution < -0.4 is 0 Å². The van der Waals surface area contributed by atoms with Crippen molar-refractivity contribution in [1.29, 1.82) is 0 Å². The van der Waals surface area contributed by atoms with Crippen LogP contribution in [-0.4, -0.2) is 11.2 Å². The first kappa shape index (κ1) is 11.8. The normalized spacial score (nSPS) is 11.7. The van der Waals surface area contributed by atoms with Crippen molar-refractivity contribution in [1.82, 2.24) is 0 Å². The fourth-order valence-electron chi connectivity index (χ4n) is 1.46. The van der Waals surface area contributed by atoms with Crippen molar-refractivity contribution >= 4 is 0 Å². The molecule has 15 heavy (non-hydrogen) atoms. The van der Waals surface area contributed by atoms with Crippen molar-refractivity contribution in [2.45, 2.75) is 39.2 Å². The minimum atomic E-state index is -0.270. The van der Waals surface area contributed by atoms with E-state index in [0.717, 1.165) is 19.3 Å². The first-order valence-electron chi connectivity index (χ1n) is 5.35. The number of aliphatic hydroxyl groups excluding tert-OH is 1. The summed E-state index contributed by atoms with van der Waals surface area (Å²) >= 11 is 0. The molecular formula is C14H18O. The van der Waals surface area contributed by atoms with Crippen LogP contribution in [0.5, 0.6) is 0 Å². The first-order valence-corrected chi connectivity index (χ1v) is 5.35. The Bertz CT molecular complexity index is 340. The summed E-state index contributed by atoms with van der Waals surface area (Å²) in [6.45, 7) is 3.89. The van der Waals surface area contributed by atoms with E-state index in [4.69, 9.17) is 0 Å². The summed E-state index contributed by atoms with van der Waals surface area (Å²) in [5, 5.41) is 9.73. The Morgan fingerprint density at radius 2 is 1.93 bits per heavy atom. The molecule has 0 aliphatic heterocycles. The highest BCUT2D eigenvalue weighted by atomic mass is 16.3. The summed E-state index contributed by atoms with van der Waals surface area (Å²) in [6.07, 6.45) is 2.00. The van der Waals surface area contributed by atoms with Gasteiger partial charge in [0.2, 0.25) is 0 Å². The molecule has 1 aromatic carbocycles. The molecule has 0 amide bonds. The van der Waals surface area contributed by atoms with E-state index >= 15 is 0 Å². The molecule has 1 heteroatoms. The summed E-state index contributed by atoms with van der Waals surface area (Å²) in [5.74, 6) is 5.80. The lowest BCUT2D eigenvalue weighted by atomic mass is 10.0. The Morgan fingerprint density at radius 3 is 2.53 bits per heavy atom. The number of hydrogen-bond acceptors (Lipinski definition) is 1. The smallest absolute Gasteiger partial charge is 0.0589 e. The Labute approximate surface area is 92.1 Å². The standard InChI is InChI=1S/C14H18O/c1-3-4-5-6-14(15)11-13-9-7-12(2)8-10-13/h7-10,14-15H,5-6,11H2,1-2H3. The summed E-state index contributed by atoms with van der Waals surface area (Å²) in [5.41, 5.74) is 2.45. The molecule has 0 saturated heterocycles. The molecule has 0 fully saturated rings. The quantitative estimate of drug-likeness (QED) is 0.744. The summed E-state index contributed by atoms with van der Waals surface area (Å²) in [6, 6.07) is 8.30. The van der Waals surface area contributed by atoms with Crippen LogP contribution >= 0.6 is 0 Å². The molecule has 0 heterocycles. The molecule has 1 aromatic rings. The van der Waals surface area contributed by atoms with Gasteiger partial charge in [0, 0.05) is 6.42 Å². The third-order valence-corrected chi connectivity index (χ3v) is 2.37. The Hall–Kier alpha value is -1.26. The van der Waals surface area contributed by atoms with Crippen LogP contribution in [0.4, 0.5) is 0 Å². The minimum absolute atomic E-state index is 0.270. The van der Waals surface area contributed by atoms with E-state index < -0.39 is 0 Å². The molecule has 0 aromatic heterocycles. The molecular weight excluding hydrogens is 184 g/mol. The van der Waals surface area contributed by atoms with Gasteiger partial charge in [0.1, 0.15) is 0 Å². The molecule has 0 aliphatic rings. The maximum Gasteiger partial charge on any atom is 0.0589 e. The van der Waals surface area contributed by atoms with Crippen molar-refractivity contribution in [3.63, 3.8) is 0 Å². The maximum absolute atomic E-state index is 9.73. The van der Waals surface area contributed by atoms with Gasteiger partial charge in [0.25, 0.3) is 0 Å². The molecule has 1 rings (SSSR count). The molecule has 0 bridgehead atoms. The molecule has 0 saturated carbocycles. The van der Waals surface area contributed by atoms with Crippen molar-refractivity contribution < 1.29 is 5.11 Å². The van der Waals surface area contributed by atoms with Gasteiger partial charge in [-0.1, -0.05) is 29.8 Å². The highest BCUT2D eigenvalue weighted by Gasteiger charge is 2.03. The molecule has 0 radical (unpaired) electrons. The van der Waals surface area contributed by atoms with Crippen LogP contribution in [0.1, 0.15) is 30.9 Å². The third-order valence-electron chi connectivity index (χ3n) is 2.37. The molecule has 1 atom stereocenters. The second-order valence-corrected chi connectivity index (χ2v) is 3.81. The zero-order chi connectivity index (χ0) is 11.1. The van der Waals surface area contributed by atoms with Gasteiger partial charge in [0.05, 0.1) is 6.10 Å². The van der Waals surface area contributed by atoms with Gasteiger partial charge < -0.3 is 5.11 Å². The molecule has 1 nitrogen and oxygen atoms in total. The van der Waals surface area contributed by atoms with Crippen LogP contribution in [0.15, 0.2) is 24.3 Å². The lowest BCUT2D eigenvalue weighted by molar-refractivity contribution is 0.166. The van der Waals surface area contributed by atoms with E-state index in [1.807, 2.05) is 6.92 Å². The highest BCUT2D eigenvalue weighted by Crippen LogP contribution is 2.08. The predicted octanol–water partition coefficient (Wildman–Crippen LogP) is 2.70. The summed E-state index contributed by atoms with van der Waals surface area (Å²) < 4.78 is 0. The van der Waals surface area contributed by atoms with Gasteiger partial charge in [-0.15, -0.1) is 11.8 Å². The zero-order valence-corrected chi connectivity index (χ0v) is 9.46. The Balaban J connectivity index is 2.39. The summed E-state index contributed by atoms with van der Waals surface area (Å²) in [4.78, 5) is 0. The third kappa shape index (κ3) is 4.67. The van der Waals surface area contributed by atoms with Crippen molar-refractivity contribution in [2.75, 3.05) is 0 Å². The maximum atomic E-state index is 9.73. The lowest BCUT2D eigenvalue weighted by Crippen LogP contribution is -2.09. The molecule has 1 N–H and O–H groups in total. The Morgan fingerprint density at radius 1 is 1.27 bits per heavy atom. The van der Waals surface area contributed by atoms with Crippen LogP contribution in [0.25, 0.3) is 0 Å². The second-order valence-electron chi connectivity index (χ2n) is 3.81. The molecule has 0 aliphatic carbocycles. The molecule has 0 spiro atoms. The zero-order valence-electron chi connectivity index (χ0n) is 9.46. The van der Waals surface area contributed by atoms with Gasteiger partial charge in [-0.05, 0) is 32.3 Å². The van der Waals surface area contributed by atoms with Gasteiger partial charge in [-0.3, -0.25) is 0 Å². The van der Waals surface area contributed by atoms with E-state index in [-0.39, 0.29) is 6.10 Å². The molecule has 80 valence electrons. The van der Waals surface area contributed by atoms with E-state index in [0.29, 0.717) is 0 Å². The van der Waals surface area contributed by atoms with Crippen LogP contribution in [-0.2, 0) is 6.42 Å². The van der Waals surface area contributed by atoms with E-state index in [1.165, 1.54) is 11.1 Å². The van der Waals surface area contributed by atoms with Gasteiger partial charge >= 0.3 is 0 Å². The largest absolute Gasteiger partial charge is 0.393 e. The van der Waals surface area contributed by atoms with Crippen molar-refractivity contribution in [3.8, 4) is 11.8 Å². The van der Waals surface area contributed by atoms with Crippen LogP contribution in [0.2, 0.25) is 0 Å². The average Bonchev–Trinajstić information content (AvgIpc) is 2.22. The average molecular weight is 202 g/mol. The number of aliphatic hydroxyl groups is 1. The minimum Gasteiger partial charge on any atom is -0.393 e. The van der Waals surface area contributed by atoms with Gasteiger partial charge in [-0.25, -0.2) is 0 Å². The fraction of sp³-hybridized carbons (Fsp3) is 0.429. The number of rotatable bonds is 4. The first-order chi connectivity index (χ1) is 7.22. The SMILES string of the molecule is CC#CCCC(O)Cc1ccc(C)cc1. The van der Waals surface area contributed by atoms with Gasteiger partial charge in [0.15, 0.2) is 0 Å². The fourth-order valence-corrected chi connectivity index (χ4v) is 1.46. The van der Waals surface area contributed by atoms with E-state index in [9.17, 15) is 5.11 Å². The summed E-state index contributed by atoms with van der Waals surface area (Å²) in [7, 11) is 0. The monoisotopic (exact) mass is 202 g/mol. The lowest BCUT2D eigenvalue weighted by Gasteiger charge is -2.08. The van der Waals surface area contributed by atoms with Crippen molar-refractivity contribution in [3.05, 3.63) is 35.4 Å².